The number of hydrogen-bond acceptors (Lipinski definition) is 3. The van der Waals surface area contributed by atoms with Gasteiger partial charge in [-0.05, 0) is 6.07 Å². The molecule has 0 saturated carbocycles. The molecule has 0 heterocycles. The molecule has 0 spiro atoms. The third-order valence-corrected chi connectivity index (χ3v) is 3.67. The zero-order valence-corrected chi connectivity index (χ0v) is 11.7. The lowest BCUT2D eigenvalue weighted by atomic mass is 10.1. The molecular weight excluding hydrogens is 390 g/mol. The van der Waals surface area contributed by atoms with Gasteiger partial charge in [-0.1, -0.05) is 22.0 Å². The monoisotopic (exact) mass is 394 g/mol. The van der Waals surface area contributed by atoms with Crippen LogP contribution in [0, 0.1) is 10.1 Å². The molecule has 1 N–H and O–H groups in total. The van der Waals surface area contributed by atoms with E-state index in [4.69, 9.17) is 0 Å². The number of alkyl halides is 7. The molecule has 0 aliphatic carbocycles. The molecule has 1 amide bonds. The number of carbonyl (C=O) groups is 1. The standard InChI is InChI=1S/C10H5BrF6N2O3/c11-8(9(12,13)14,10(15,16)17)7(20)18-5-2-1-3-6(4-5)19(21)22/h1-4H,(H,18,20). The minimum atomic E-state index is -5.98. The van der Waals surface area contributed by atoms with Crippen molar-refractivity contribution in [1.29, 1.82) is 0 Å². The van der Waals surface area contributed by atoms with Crippen LogP contribution in [0.2, 0.25) is 0 Å². The highest BCUT2D eigenvalue weighted by Crippen LogP contribution is 2.50. The van der Waals surface area contributed by atoms with E-state index in [-0.39, 0.29) is 0 Å². The Hall–Kier alpha value is -1.85. The lowest BCUT2D eigenvalue weighted by molar-refractivity contribution is -0.384. The van der Waals surface area contributed by atoms with Crippen molar-refractivity contribution in [2.45, 2.75) is 16.7 Å². The lowest BCUT2D eigenvalue weighted by Gasteiger charge is -2.30. The summed E-state index contributed by atoms with van der Waals surface area (Å²) < 4.78 is 70.9. The van der Waals surface area contributed by atoms with Gasteiger partial charge in [-0.2, -0.15) is 26.3 Å². The highest BCUT2D eigenvalue weighted by atomic mass is 79.9. The van der Waals surface area contributed by atoms with Crippen LogP contribution in [0.4, 0.5) is 37.7 Å². The number of benzene rings is 1. The minimum absolute atomic E-state index is 0.587. The van der Waals surface area contributed by atoms with Crippen LogP contribution in [0.5, 0.6) is 0 Å². The lowest BCUT2D eigenvalue weighted by Crippen LogP contribution is -2.59. The number of rotatable bonds is 3. The third-order valence-electron chi connectivity index (χ3n) is 2.41. The quantitative estimate of drug-likeness (QED) is 0.367. The van der Waals surface area contributed by atoms with E-state index in [0.29, 0.717) is 6.07 Å². The summed E-state index contributed by atoms with van der Waals surface area (Å²) in [7, 11) is 0. The molecule has 5 nitrogen and oxygen atoms in total. The summed E-state index contributed by atoms with van der Waals surface area (Å²) >= 11 is 1.40. The first-order chi connectivity index (χ1) is 9.80. The van der Waals surface area contributed by atoms with Crippen molar-refractivity contribution in [3.05, 3.63) is 34.4 Å². The molecule has 1 aromatic rings. The number of carbonyl (C=O) groups excluding carboxylic acids is 1. The Morgan fingerprint density at radius 1 is 1.14 bits per heavy atom. The Kier molecular flexibility index (Phi) is 4.75. The SMILES string of the molecule is O=C(Nc1cccc([N+](=O)[O-])c1)C(Br)(C(F)(F)F)C(F)(F)F. The summed E-state index contributed by atoms with van der Waals surface area (Å²) in [4.78, 5) is 21.0. The first-order valence-electron chi connectivity index (χ1n) is 5.19. The summed E-state index contributed by atoms with van der Waals surface area (Å²) in [5.41, 5.74) is -1.20. The largest absolute Gasteiger partial charge is 0.421 e. The van der Waals surface area contributed by atoms with E-state index in [1.807, 2.05) is 0 Å². The molecule has 1 aromatic carbocycles. The maximum atomic E-state index is 12.6. The Morgan fingerprint density at radius 3 is 2.05 bits per heavy atom. The topological polar surface area (TPSA) is 72.2 Å². The molecule has 0 aliphatic rings. The van der Waals surface area contributed by atoms with Crippen molar-refractivity contribution in [3.63, 3.8) is 0 Å². The average Bonchev–Trinajstić information content (AvgIpc) is 2.35. The summed E-state index contributed by atoms with van der Waals surface area (Å²) in [6.07, 6.45) is -12.0. The fourth-order valence-corrected chi connectivity index (χ4v) is 1.43. The molecule has 0 radical (unpaired) electrons. The van der Waals surface area contributed by atoms with E-state index in [1.165, 1.54) is 21.2 Å². The van der Waals surface area contributed by atoms with Gasteiger partial charge in [-0.25, -0.2) is 0 Å². The molecule has 0 atom stereocenters. The fourth-order valence-electron chi connectivity index (χ4n) is 1.33. The fraction of sp³-hybridized carbons (Fsp3) is 0.300. The molecule has 1 rings (SSSR count). The molecule has 0 aromatic heterocycles. The number of nitrogens with zero attached hydrogens (tertiary/aromatic N) is 1. The maximum absolute atomic E-state index is 12.6. The zero-order chi connectivity index (χ0) is 17.3. The van der Waals surface area contributed by atoms with Crippen LogP contribution in [-0.4, -0.2) is 27.5 Å². The van der Waals surface area contributed by atoms with Crippen molar-refractivity contribution in [3.8, 4) is 0 Å². The van der Waals surface area contributed by atoms with Gasteiger partial charge in [-0.3, -0.25) is 14.9 Å². The number of hydrogen-bond donors (Lipinski definition) is 1. The Balaban J connectivity index is 3.19. The van der Waals surface area contributed by atoms with Gasteiger partial charge < -0.3 is 5.32 Å². The molecule has 22 heavy (non-hydrogen) atoms. The van der Waals surface area contributed by atoms with Gasteiger partial charge in [0.05, 0.1) is 4.92 Å². The molecule has 0 fully saturated rings. The van der Waals surface area contributed by atoms with E-state index in [0.717, 1.165) is 18.2 Å². The Labute approximate surface area is 126 Å². The Bertz CT molecular complexity index is 587. The van der Waals surface area contributed by atoms with Crippen LogP contribution >= 0.6 is 15.9 Å². The van der Waals surface area contributed by atoms with Crippen molar-refractivity contribution in [2.24, 2.45) is 0 Å². The van der Waals surface area contributed by atoms with Crippen LogP contribution in [0.1, 0.15) is 0 Å². The van der Waals surface area contributed by atoms with Gasteiger partial charge in [0.1, 0.15) is 0 Å². The van der Waals surface area contributed by atoms with Gasteiger partial charge in [0.2, 0.25) is 0 Å². The van der Waals surface area contributed by atoms with Crippen LogP contribution in [0.25, 0.3) is 0 Å². The number of anilines is 1. The highest BCUT2D eigenvalue weighted by molar-refractivity contribution is 9.10. The summed E-state index contributed by atoms with van der Waals surface area (Å²) in [6, 6.07) is 3.47. The second-order valence-electron chi connectivity index (χ2n) is 3.92. The summed E-state index contributed by atoms with van der Waals surface area (Å²) in [5.74, 6) is -2.46. The number of non-ortho nitro benzene ring substituents is 1. The van der Waals surface area contributed by atoms with Crippen molar-refractivity contribution in [2.75, 3.05) is 5.32 Å². The van der Waals surface area contributed by atoms with Gasteiger partial charge in [0.15, 0.2) is 0 Å². The number of nitro groups is 1. The molecule has 0 saturated heterocycles. The van der Waals surface area contributed by atoms with Crippen molar-refractivity contribution >= 4 is 33.2 Å². The maximum Gasteiger partial charge on any atom is 0.421 e. The predicted molar refractivity (Wildman–Crippen MR) is 65.5 cm³/mol. The molecular formula is C10H5BrF6N2O3. The first-order valence-corrected chi connectivity index (χ1v) is 5.98. The third kappa shape index (κ3) is 3.31. The van der Waals surface area contributed by atoms with Gasteiger partial charge in [0.25, 0.3) is 15.9 Å². The van der Waals surface area contributed by atoms with E-state index >= 15 is 0 Å². The molecule has 12 heteroatoms. The molecule has 122 valence electrons. The number of nitrogens with one attached hydrogen (secondary N) is 1. The summed E-state index contributed by atoms with van der Waals surface area (Å²) in [6.45, 7) is 0. The minimum Gasteiger partial charge on any atom is -0.324 e. The van der Waals surface area contributed by atoms with Crippen LogP contribution in [-0.2, 0) is 4.79 Å². The number of halogens is 7. The smallest absolute Gasteiger partial charge is 0.324 e. The first kappa shape index (κ1) is 18.2. The highest BCUT2D eigenvalue weighted by Gasteiger charge is 2.74. The molecule has 0 bridgehead atoms. The second-order valence-corrected chi connectivity index (χ2v) is 5.11. The zero-order valence-electron chi connectivity index (χ0n) is 10.1. The van der Waals surface area contributed by atoms with E-state index in [1.54, 1.807) is 0 Å². The van der Waals surface area contributed by atoms with Crippen LogP contribution in [0.15, 0.2) is 24.3 Å². The van der Waals surface area contributed by atoms with Crippen LogP contribution < -0.4 is 5.32 Å². The predicted octanol–water partition coefficient (Wildman–Crippen LogP) is 3.79. The molecule has 0 aliphatic heterocycles. The number of nitro benzene ring substituents is 1. The molecule has 0 unspecified atom stereocenters. The summed E-state index contributed by atoms with van der Waals surface area (Å²) in [5, 5.41) is 11.8. The van der Waals surface area contributed by atoms with Crippen LogP contribution in [0.3, 0.4) is 0 Å². The van der Waals surface area contributed by atoms with Crippen molar-refractivity contribution < 1.29 is 36.1 Å². The van der Waals surface area contributed by atoms with Gasteiger partial charge >= 0.3 is 12.4 Å². The van der Waals surface area contributed by atoms with Gasteiger partial charge in [-0.15, -0.1) is 0 Å². The Morgan fingerprint density at radius 2 is 1.64 bits per heavy atom. The van der Waals surface area contributed by atoms with Crippen molar-refractivity contribution in [1.82, 2.24) is 0 Å². The normalized spacial score (nSPS) is 12.9. The second kappa shape index (κ2) is 5.74. The van der Waals surface area contributed by atoms with E-state index < -0.39 is 38.9 Å². The van der Waals surface area contributed by atoms with Gasteiger partial charge in [0, 0.05) is 17.8 Å². The van der Waals surface area contributed by atoms with E-state index in [2.05, 4.69) is 0 Å². The number of amides is 1. The van der Waals surface area contributed by atoms with E-state index in [9.17, 15) is 41.3 Å². The average molecular weight is 395 g/mol.